The molecule has 8 heteroatoms. The summed E-state index contributed by atoms with van der Waals surface area (Å²) in [4.78, 5) is 18.9. The second-order valence-electron chi connectivity index (χ2n) is 7.76. The van der Waals surface area contributed by atoms with Gasteiger partial charge in [0, 0.05) is 21.3 Å². The fourth-order valence-corrected chi connectivity index (χ4v) is 5.64. The lowest BCUT2D eigenvalue weighted by Crippen LogP contribution is -2.36. The molecular formula is C22H19Cl2FN2O2S. The van der Waals surface area contributed by atoms with Gasteiger partial charge in [0.2, 0.25) is 0 Å². The van der Waals surface area contributed by atoms with Crippen molar-refractivity contribution in [1.29, 1.82) is 0 Å². The topological polar surface area (TPSA) is 52.9 Å². The average Bonchev–Trinajstić information content (AvgIpc) is 3.16. The van der Waals surface area contributed by atoms with E-state index in [0.29, 0.717) is 26.5 Å². The summed E-state index contributed by atoms with van der Waals surface area (Å²) in [6.07, 6.45) is 0. The van der Waals surface area contributed by atoms with Crippen molar-refractivity contribution >= 4 is 46.1 Å². The summed E-state index contributed by atoms with van der Waals surface area (Å²) < 4.78 is 15.1. The van der Waals surface area contributed by atoms with Crippen molar-refractivity contribution in [2.75, 3.05) is 0 Å². The lowest BCUT2D eigenvalue weighted by Gasteiger charge is -2.37. The van der Waals surface area contributed by atoms with Crippen LogP contribution in [0.3, 0.4) is 0 Å². The number of fused-ring (bicyclic) bond motifs is 1. The second kappa shape index (κ2) is 7.59. The van der Waals surface area contributed by atoms with Crippen LogP contribution in [-0.2, 0) is 10.3 Å². The van der Waals surface area contributed by atoms with Crippen molar-refractivity contribution in [3.05, 3.63) is 80.1 Å². The molecule has 0 fully saturated rings. The highest BCUT2D eigenvalue weighted by atomic mass is 35.5. The fourth-order valence-electron chi connectivity index (χ4n) is 4.11. The molecule has 4 rings (SSSR count). The van der Waals surface area contributed by atoms with Crippen molar-refractivity contribution in [2.24, 2.45) is 10.9 Å². The maximum absolute atomic E-state index is 15.1. The molecule has 0 aromatic heterocycles. The van der Waals surface area contributed by atoms with E-state index < -0.39 is 23.4 Å². The lowest BCUT2D eigenvalue weighted by molar-refractivity contribution is -0.131. The zero-order valence-electron chi connectivity index (χ0n) is 16.5. The van der Waals surface area contributed by atoms with Gasteiger partial charge in [-0.05, 0) is 54.4 Å². The predicted molar refractivity (Wildman–Crippen MR) is 119 cm³/mol. The van der Waals surface area contributed by atoms with Crippen molar-refractivity contribution in [3.8, 4) is 0 Å². The number of thioether (sulfide) groups is 1. The first-order valence-corrected chi connectivity index (χ1v) is 11.0. The fraction of sp³-hybridized carbons (Fsp3) is 0.273. The number of amidine groups is 1. The Morgan fingerprint density at radius 2 is 1.83 bits per heavy atom. The minimum Gasteiger partial charge on any atom is -0.477 e. The van der Waals surface area contributed by atoms with Crippen LogP contribution in [0.2, 0.25) is 10.0 Å². The molecule has 0 spiro atoms. The molecule has 156 valence electrons. The van der Waals surface area contributed by atoms with Gasteiger partial charge >= 0.3 is 5.97 Å². The van der Waals surface area contributed by atoms with Crippen LogP contribution in [0.1, 0.15) is 37.9 Å². The molecule has 1 N–H and O–H groups in total. The number of rotatable bonds is 4. The van der Waals surface area contributed by atoms with E-state index in [4.69, 9.17) is 28.2 Å². The molecule has 0 bridgehead atoms. The van der Waals surface area contributed by atoms with Crippen LogP contribution < -0.4 is 0 Å². The molecule has 2 aliphatic heterocycles. The third-order valence-electron chi connectivity index (χ3n) is 5.44. The first-order chi connectivity index (χ1) is 14.1. The summed E-state index contributed by atoms with van der Waals surface area (Å²) in [5.74, 6) is -1.56. The van der Waals surface area contributed by atoms with Gasteiger partial charge in [-0.3, -0.25) is 0 Å². The Kier molecular flexibility index (Phi) is 5.37. The third kappa shape index (κ3) is 3.31. The number of hydrogen-bond acceptors (Lipinski definition) is 4. The average molecular weight is 465 g/mol. The zero-order chi connectivity index (χ0) is 21.8. The Balaban J connectivity index is 1.96. The number of carboxylic acid groups (broad SMARTS) is 1. The van der Waals surface area contributed by atoms with Gasteiger partial charge in [-0.25, -0.2) is 14.2 Å². The second-order valence-corrected chi connectivity index (χ2v) is 9.61. The zero-order valence-corrected chi connectivity index (χ0v) is 18.8. The van der Waals surface area contributed by atoms with Gasteiger partial charge in [-0.2, -0.15) is 0 Å². The summed E-state index contributed by atoms with van der Waals surface area (Å²) in [7, 11) is 0. The minimum absolute atomic E-state index is 0.0956. The Hall–Kier alpha value is -2.02. The van der Waals surface area contributed by atoms with E-state index in [1.165, 1.54) is 6.07 Å². The molecule has 2 unspecified atom stereocenters. The molecule has 2 atom stereocenters. The first kappa shape index (κ1) is 21.2. The van der Waals surface area contributed by atoms with Gasteiger partial charge in [-0.1, -0.05) is 55.2 Å². The van der Waals surface area contributed by atoms with E-state index in [0.717, 1.165) is 17.3 Å². The lowest BCUT2D eigenvalue weighted by atomic mass is 9.81. The van der Waals surface area contributed by atoms with Crippen LogP contribution in [0.4, 0.5) is 4.39 Å². The monoisotopic (exact) mass is 464 g/mol. The molecule has 2 aliphatic rings. The summed E-state index contributed by atoms with van der Waals surface area (Å²) in [6, 6.07) is 11.3. The molecule has 2 aromatic carbocycles. The largest absolute Gasteiger partial charge is 0.477 e. The molecule has 0 aliphatic carbocycles. The molecule has 30 heavy (non-hydrogen) atoms. The number of carboxylic acids is 1. The van der Waals surface area contributed by atoms with Crippen LogP contribution in [0.25, 0.3) is 0 Å². The molecule has 0 amide bonds. The highest BCUT2D eigenvalue weighted by molar-refractivity contribution is 8.18. The smallest absolute Gasteiger partial charge is 0.344 e. The van der Waals surface area contributed by atoms with Crippen molar-refractivity contribution in [1.82, 2.24) is 4.90 Å². The quantitative estimate of drug-likeness (QED) is 0.563. The predicted octanol–water partition coefficient (Wildman–Crippen LogP) is 6.46. The van der Waals surface area contributed by atoms with Gasteiger partial charge in [0.15, 0.2) is 5.17 Å². The number of aliphatic carboxylic acids is 1. The van der Waals surface area contributed by atoms with Crippen LogP contribution in [0, 0.1) is 11.7 Å². The third-order valence-corrected chi connectivity index (χ3v) is 6.98. The molecular weight excluding hydrogens is 446 g/mol. The van der Waals surface area contributed by atoms with Crippen LogP contribution in [-0.4, -0.2) is 21.1 Å². The molecule has 2 aromatic rings. The highest BCUT2D eigenvalue weighted by Gasteiger charge is 2.53. The van der Waals surface area contributed by atoms with Gasteiger partial charge in [-0.15, -0.1) is 0 Å². The number of carbonyl (C=O) groups is 1. The normalized spacial score (nSPS) is 23.2. The van der Waals surface area contributed by atoms with Crippen molar-refractivity contribution in [2.45, 2.75) is 32.4 Å². The highest BCUT2D eigenvalue weighted by Crippen LogP contribution is 2.56. The van der Waals surface area contributed by atoms with Crippen molar-refractivity contribution in [3.63, 3.8) is 0 Å². The van der Waals surface area contributed by atoms with Gasteiger partial charge in [0.1, 0.15) is 16.3 Å². The van der Waals surface area contributed by atoms with Crippen molar-refractivity contribution < 1.29 is 14.3 Å². The number of hydrogen-bond donors (Lipinski definition) is 1. The molecule has 0 saturated heterocycles. The van der Waals surface area contributed by atoms with Gasteiger partial charge in [0.05, 0.1) is 6.04 Å². The van der Waals surface area contributed by atoms with E-state index in [-0.39, 0.29) is 10.8 Å². The molecule has 4 nitrogen and oxygen atoms in total. The van der Waals surface area contributed by atoms with Crippen LogP contribution in [0.15, 0.2) is 58.1 Å². The first-order valence-electron chi connectivity index (χ1n) is 9.39. The summed E-state index contributed by atoms with van der Waals surface area (Å²) in [5, 5.41) is 11.2. The van der Waals surface area contributed by atoms with E-state index in [9.17, 15) is 9.90 Å². The number of nitrogens with zero attached hydrogens (tertiary/aromatic N) is 2. The Bertz CT molecular complexity index is 1100. The van der Waals surface area contributed by atoms with Crippen LogP contribution in [0.5, 0.6) is 0 Å². The SMILES string of the molecule is CC(C)C1=C(C(=O)O)SC2=NC(C)(c3ccc(Cl)cc3)C(c3ccc(Cl)cc3F)N21. The molecule has 0 saturated carbocycles. The summed E-state index contributed by atoms with van der Waals surface area (Å²) in [6.45, 7) is 5.78. The van der Waals surface area contributed by atoms with Gasteiger partial charge in [0.25, 0.3) is 0 Å². The number of halogens is 3. The van der Waals surface area contributed by atoms with E-state index in [1.54, 1.807) is 24.3 Å². The Labute approximate surface area is 188 Å². The summed E-state index contributed by atoms with van der Waals surface area (Å²) in [5.41, 5.74) is 1.03. The van der Waals surface area contributed by atoms with E-state index in [2.05, 4.69) is 0 Å². The Morgan fingerprint density at radius 1 is 1.20 bits per heavy atom. The maximum atomic E-state index is 15.1. The number of allylic oxidation sites excluding steroid dienone is 1. The molecule has 0 radical (unpaired) electrons. The Morgan fingerprint density at radius 3 is 2.40 bits per heavy atom. The summed E-state index contributed by atoms with van der Waals surface area (Å²) >= 11 is 13.2. The number of benzene rings is 2. The maximum Gasteiger partial charge on any atom is 0.344 e. The number of aliphatic imine (C=N–C) groups is 1. The van der Waals surface area contributed by atoms with E-state index >= 15 is 4.39 Å². The van der Waals surface area contributed by atoms with E-state index in [1.807, 2.05) is 37.8 Å². The standard InChI is InChI=1S/C22H19Cl2FN2O2S/c1-11(2)17-18(20(28)29)30-21-26-22(3,12-4-6-13(23)7-5-12)19(27(17)21)15-9-8-14(24)10-16(15)25/h4-11,19H,1-3H3,(H,28,29). The molecule has 2 heterocycles. The minimum atomic E-state index is -1.01. The van der Waals surface area contributed by atoms with Crippen LogP contribution >= 0.6 is 35.0 Å². The van der Waals surface area contributed by atoms with Gasteiger partial charge < -0.3 is 10.0 Å².